The number of aromatic nitrogens is 2. The first-order valence-electron chi connectivity index (χ1n) is 14.4. The molecule has 212 valence electrons. The maximum atomic E-state index is 14.3. The summed E-state index contributed by atoms with van der Waals surface area (Å²) in [6.07, 6.45) is 4.04. The number of ether oxygens (including phenoxy) is 1. The summed E-state index contributed by atoms with van der Waals surface area (Å²) in [5, 5.41) is 1.09. The zero-order valence-electron chi connectivity index (χ0n) is 24.2. The zero-order chi connectivity index (χ0) is 29.4. The van der Waals surface area contributed by atoms with Gasteiger partial charge in [0.05, 0.1) is 28.5 Å². The van der Waals surface area contributed by atoms with Crippen LogP contribution in [0.4, 0.5) is 0 Å². The summed E-state index contributed by atoms with van der Waals surface area (Å²) in [6.45, 7) is 9.22. The van der Waals surface area contributed by atoms with E-state index in [1.165, 1.54) is 16.9 Å². The fourth-order valence-corrected chi connectivity index (χ4v) is 6.60. The molecule has 5 aromatic rings. The van der Waals surface area contributed by atoms with Crippen LogP contribution in [-0.2, 0) is 16.1 Å². The van der Waals surface area contributed by atoms with Gasteiger partial charge in [0, 0.05) is 34.8 Å². The second-order valence-corrected chi connectivity index (χ2v) is 11.6. The minimum absolute atomic E-state index is 0.182. The van der Waals surface area contributed by atoms with Crippen molar-refractivity contribution in [2.45, 2.75) is 46.2 Å². The largest absolute Gasteiger partial charge is 0.463 e. The number of rotatable bonds is 7. The predicted molar refractivity (Wildman–Crippen MR) is 169 cm³/mol. The molecule has 0 aliphatic carbocycles. The average molecular weight is 576 g/mol. The molecule has 6 rings (SSSR count). The number of nitrogens with zero attached hydrogens (tertiary/aromatic N) is 3. The van der Waals surface area contributed by atoms with Crippen LogP contribution in [0.15, 0.2) is 100 Å². The fourth-order valence-electron chi connectivity index (χ4n) is 5.61. The van der Waals surface area contributed by atoms with Crippen molar-refractivity contribution >= 4 is 40.0 Å². The van der Waals surface area contributed by atoms with Gasteiger partial charge in [-0.3, -0.25) is 9.36 Å². The van der Waals surface area contributed by atoms with Gasteiger partial charge in [0.25, 0.3) is 5.56 Å². The molecule has 1 aliphatic rings. The molecule has 0 saturated carbocycles. The van der Waals surface area contributed by atoms with E-state index in [1.54, 1.807) is 11.5 Å². The summed E-state index contributed by atoms with van der Waals surface area (Å²) < 4.78 is 10.0. The van der Waals surface area contributed by atoms with Gasteiger partial charge >= 0.3 is 5.97 Å². The number of para-hydroxylation sites is 1. The quantitative estimate of drug-likeness (QED) is 0.223. The number of fused-ring (bicyclic) bond motifs is 2. The van der Waals surface area contributed by atoms with E-state index >= 15 is 0 Å². The number of carbonyl (C=O) groups is 1. The summed E-state index contributed by atoms with van der Waals surface area (Å²) in [5.41, 5.74) is 5.63. The van der Waals surface area contributed by atoms with Gasteiger partial charge in [0.15, 0.2) is 4.80 Å². The lowest BCUT2D eigenvalue weighted by atomic mass is 9.91. The monoisotopic (exact) mass is 575 g/mol. The van der Waals surface area contributed by atoms with Crippen LogP contribution in [0.3, 0.4) is 0 Å². The van der Waals surface area contributed by atoms with E-state index in [1.807, 2.05) is 60.7 Å². The first kappa shape index (κ1) is 27.7. The Bertz CT molecular complexity index is 1990. The fraction of sp³-hybridized carbons (Fsp3) is 0.229. The molecule has 0 saturated heterocycles. The summed E-state index contributed by atoms with van der Waals surface area (Å²) in [6, 6.07) is 25.3. The second kappa shape index (κ2) is 11.4. The third kappa shape index (κ3) is 4.84. The topological polar surface area (TPSA) is 65.6 Å². The minimum atomic E-state index is -0.684. The molecule has 0 unspecified atom stereocenters. The third-order valence-electron chi connectivity index (χ3n) is 7.74. The van der Waals surface area contributed by atoms with E-state index in [0.717, 1.165) is 34.1 Å². The lowest BCUT2D eigenvalue weighted by Gasteiger charge is -2.26. The van der Waals surface area contributed by atoms with Crippen molar-refractivity contribution in [1.29, 1.82) is 0 Å². The van der Waals surface area contributed by atoms with Gasteiger partial charge in [-0.15, -0.1) is 0 Å². The highest BCUT2D eigenvalue weighted by Crippen LogP contribution is 2.35. The van der Waals surface area contributed by atoms with Crippen LogP contribution < -0.4 is 14.9 Å². The van der Waals surface area contributed by atoms with Crippen LogP contribution in [0.1, 0.15) is 61.9 Å². The van der Waals surface area contributed by atoms with Gasteiger partial charge in [-0.05, 0) is 43.0 Å². The van der Waals surface area contributed by atoms with Crippen molar-refractivity contribution in [2.75, 3.05) is 6.61 Å². The molecule has 0 fully saturated rings. The molecule has 42 heavy (non-hydrogen) atoms. The van der Waals surface area contributed by atoms with Crippen LogP contribution in [0.25, 0.3) is 22.7 Å². The Morgan fingerprint density at radius 2 is 1.71 bits per heavy atom. The maximum absolute atomic E-state index is 14.3. The second-order valence-electron chi connectivity index (χ2n) is 10.6. The highest BCUT2D eigenvalue weighted by Gasteiger charge is 2.35. The van der Waals surface area contributed by atoms with E-state index in [9.17, 15) is 9.59 Å². The molecule has 0 bridgehead atoms. The van der Waals surface area contributed by atoms with Crippen molar-refractivity contribution in [1.82, 2.24) is 9.13 Å². The van der Waals surface area contributed by atoms with Gasteiger partial charge in [-0.1, -0.05) is 98.0 Å². The van der Waals surface area contributed by atoms with Crippen molar-refractivity contribution in [3.8, 4) is 0 Å². The Morgan fingerprint density at radius 1 is 1.00 bits per heavy atom. The Morgan fingerprint density at radius 3 is 2.40 bits per heavy atom. The lowest BCUT2D eigenvalue weighted by molar-refractivity contribution is -0.138. The summed E-state index contributed by atoms with van der Waals surface area (Å²) >= 11 is 1.35. The van der Waals surface area contributed by atoms with Gasteiger partial charge in [-0.2, -0.15) is 0 Å². The summed E-state index contributed by atoms with van der Waals surface area (Å²) in [7, 11) is 0. The molecular formula is C35H33N3O3S. The molecule has 0 spiro atoms. The zero-order valence-corrected chi connectivity index (χ0v) is 25.0. The molecular weight excluding hydrogens is 542 g/mol. The Kier molecular flexibility index (Phi) is 7.52. The van der Waals surface area contributed by atoms with Gasteiger partial charge < -0.3 is 9.30 Å². The Hall–Kier alpha value is -4.49. The van der Waals surface area contributed by atoms with Crippen LogP contribution >= 0.6 is 11.3 Å². The van der Waals surface area contributed by atoms with Crippen LogP contribution in [-0.4, -0.2) is 21.7 Å². The lowest BCUT2D eigenvalue weighted by Crippen LogP contribution is -2.40. The number of carbonyl (C=O) groups excluding carboxylic acids is 1. The molecule has 1 atom stereocenters. The summed E-state index contributed by atoms with van der Waals surface area (Å²) in [5.74, 6) is -0.121. The molecule has 1 aliphatic heterocycles. The van der Waals surface area contributed by atoms with Gasteiger partial charge in [0.1, 0.15) is 0 Å². The van der Waals surface area contributed by atoms with Crippen molar-refractivity contribution in [3.05, 3.63) is 133 Å². The molecule has 2 aromatic heterocycles. The first-order chi connectivity index (χ1) is 20.4. The van der Waals surface area contributed by atoms with Crippen molar-refractivity contribution in [2.24, 2.45) is 4.99 Å². The third-order valence-corrected chi connectivity index (χ3v) is 8.72. The van der Waals surface area contributed by atoms with E-state index in [4.69, 9.17) is 9.73 Å². The standard InChI is InChI=1S/C35H33N3O3S/c1-5-37-21-26(27-14-10-11-15-28(27)37)20-29-33(39)38-32(25-18-16-23(17-19-25)22(3)4)30(34(40)41-6-2)31(36-35(38)42-29)24-12-8-7-9-13-24/h7-22,32H,5-6H2,1-4H3/t32-/m1/s1. The van der Waals surface area contributed by atoms with Crippen molar-refractivity contribution < 1.29 is 9.53 Å². The Balaban J connectivity index is 1.64. The van der Waals surface area contributed by atoms with Crippen LogP contribution in [0.2, 0.25) is 0 Å². The molecule has 0 N–H and O–H groups in total. The number of benzene rings is 3. The van der Waals surface area contributed by atoms with Gasteiger partial charge in [0.2, 0.25) is 0 Å². The van der Waals surface area contributed by atoms with E-state index in [2.05, 4.69) is 55.8 Å². The molecule has 7 heteroatoms. The molecule has 6 nitrogen and oxygen atoms in total. The highest BCUT2D eigenvalue weighted by molar-refractivity contribution is 7.07. The smallest absolute Gasteiger partial charge is 0.338 e. The van der Waals surface area contributed by atoms with E-state index in [-0.39, 0.29) is 12.2 Å². The SMILES string of the molecule is CCOC(=O)C1=C(c2ccccc2)N=c2sc(=Cc3cn(CC)c4ccccc34)c(=O)n2[C@@H]1c1ccc(C(C)C)cc1. The minimum Gasteiger partial charge on any atom is -0.463 e. The van der Waals surface area contributed by atoms with E-state index in [0.29, 0.717) is 26.5 Å². The molecule has 0 radical (unpaired) electrons. The first-order valence-corrected chi connectivity index (χ1v) is 15.2. The molecule has 3 heterocycles. The number of hydrogen-bond acceptors (Lipinski definition) is 5. The van der Waals surface area contributed by atoms with Crippen molar-refractivity contribution in [3.63, 3.8) is 0 Å². The molecule has 3 aromatic carbocycles. The van der Waals surface area contributed by atoms with Gasteiger partial charge in [-0.25, -0.2) is 9.79 Å². The number of hydrogen-bond donors (Lipinski definition) is 0. The highest BCUT2D eigenvalue weighted by atomic mass is 32.1. The predicted octanol–water partition coefficient (Wildman–Crippen LogP) is 6.03. The van der Waals surface area contributed by atoms with E-state index < -0.39 is 12.0 Å². The van der Waals surface area contributed by atoms with Crippen LogP contribution in [0, 0.1) is 0 Å². The summed E-state index contributed by atoms with van der Waals surface area (Å²) in [4.78, 5) is 33.5. The van der Waals surface area contributed by atoms with Crippen LogP contribution in [0.5, 0.6) is 0 Å². The number of thiazole rings is 1. The number of aryl methyl sites for hydroxylation is 1. The number of esters is 1. The maximum Gasteiger partial charge on any atom is 0.338 e. The normalized spacial score (nSPS) is 15.3. The average Bonchev–Trinajstić information content (AvgIpc) is 3.53. The molecule has 0 amide bonds. The Labute approximate surface area is 248 Å².